The maximum Gasteiger partial charge on any atom is 0.338 e. The predicted molar refractivity (Wildman–Crippen MR) is 423 cm³/mol. The van der Waals surface area contributed by atoms with Gasteiger partial charge in [0, 0.05) is 24.8 Å². The highest BCUT2D eigenvalue weighted by atomic mass is 16.6. The summed E-state index contributed by atoms with van der Waals surface area (Å²) in [5, 5.41) is 0. The third-order valence-corrected chi connectivity index (χ3v) is 21.1. The Kier molecular flexibility index (Phi) is 45.1. The highest BCUT2D eigenvalue weighted by Crippen LogP contribution is 2.45. The summed E-state index contributed by atoms with van der Waals surface area (Å²) < 4.78 is 35.1. The number of nitrogens with one attached hydrogen (secondary N) is 1. The predicted octanol–water partition coefficient (Wildman–Crippen LogP) is 24.8. The second-order valence-electron chi connectivity index (χ2n) is 29.8. The van der Waals surface area contributed by atoms with Gasteiger partial charge in [-0.05, 0) is 55.0 Å². The van der Waals surface area contributed by atoms with Crippen molar-refractivity contribution in [2.45, 2.75) is 354 Å². The van der Waals surface area contributed by atoms with Gasteiger partial charge >= 0.3 is 11.7 Å². The summed E-state index contributed by atoms with van der Waals surface area (Å²) >= 11 is 0. The number of hydrogen-bond donors (Lipinski definition) is 1. The molecule has 11 nitrogen and oxygen atoms in total. The van der Waals surface area contributed by atoms with Crippen molar-refractivity contribution in [3.63, 3.8) is 0 Å². The number of rotatable bonds is 62. The van der Waals surface area contributed by atoms with Crippen LogP contribution in [-0.2, 0) is 15.0 Å². The number of esters is 1. The summed E-state index contributed by atoms with van der Waals surface area (Å²) in [4.78, 5) is 46.6. The number of nitrogens with zero attached hydrogens (tertiary/aromatic N) is 2. The molecule has 4 aromatic carbocycles. The molecule has 1 N–H and O–H groups in total. The van der Waals surface area contributed by atoms with Crippen molar-refractivity contribution in [3.05, 3.63) is 158 Å². The topological polar surface area (TPSA) is 121 Å². The first-order valence-corrected chi connectivity index (χ1v) is 41.9. The van der Waals surface area contributed by atoms with Gasteiger partial charge in [-0.3, -0.25) is 19.2 Å². The Labute approximate surface area is 614 Å². The lowest BCUT2D eigenvalue weighted by Crippen LogP contribution is -2.58. The van der Waals surface area contributed by atoms with Gasteiger partial charge < -0.3 is 23.7 Å². The number of aromatic amines is 1. The fourth-order valence-electron chi connectivity index (χ4n) is 15.0. The second kappa shape index (κ2) is 54.0. The Morgan fingerprint density at radius 2 is 0.733 bits per heavy atom. The number of morpholine rings is 1. The van der Waals surface area contributed by atoms with Crippen molar-refractivity contribution in [2.75, 3.05) is 39.5 Å². The van der Waals surface area contributed by atoms with E-state index in [2.05, 4.69) is 103 Å². The minimum Gasteiger partial charge on any atom is -0.490 e. The molecular formula is C90H141N3O8. The molecule has 0 saturated carbocycles. The molecular weight excluding hydrogens is 1250 g/mol. The van der Waals surface area contributed by atoms with E-state index in [1.54, 1.807) is 25.3 Å². The maximum atomic E-state index is 15.0. The SMILES string of the molecule is CCCCCCCCCCCCCCCCCCOc1cc(C(=O)OC[C@@H]2CN(C(c3ccccc3)(c3ccccc3)c3ccccc3)C[C@H](n3cc(C)c(=O)[nH]c3=O)O2)cc(OCCCCCCCCCCCCCCCCCC)c1OCCCCCCCCCCCCCCCCCC. The number of carbonyl (C=O) groups excluding carboxylic acids is 1. The largest absolute Gasteiger partial charge is 0.490 e. The number of hydrogen-bond acceptors (Lipinski definition) is 9. The van der Waals surface area contributed by atoms with Gasteiger partial charge in [-0.1, -0.05) is 401 Å². The monoisotopic (exact) mass is 1390 g/mol. The molecule has 6 rings (SSSR count). The smallest absolute Gasteiger partial charge is 0.338 e. The summed E-state index contributed by atoms with van der Waals surface area (Å²) in [5.74, 6) is 1.03. The quantitative estimate of drug-likeness (QED) is 0.0230. The standard InChI is InChI=1S/C90H141N3O8/c1-5-8-11-14-17-20-23-26-29-32-35-38-41-44-47-59-68-97-83-71-78(72-84(98-69-60-48-45-42-39-36-33-30-27-24-21-18-15-12-9-6-2)86(83)99-70-61-49-46-43-40-37-34-31-28-25-22-19-16-13-10-7-3)88(95)100-76-82-74-92(75-85(101-82)93-73-77(4)87(94)91-89(93)96)90(79-62-53-50-54-63-79,80-64-55-51-56-65-80)81-66-57-52-58-67-81/h50-58,62-67,71-73,82,85H,5-49,59-61,68-70,74-76H2,1-4H3,(H,91,94,96)/t82-,85+/m0/s1. The molecule has 0 bridgehead atoms. The molecule has 0 aliphatic carbocycles. The molecule has 0 spiro atoms. The normalized spacial score (nSPS) is 14.2. The van der Waals surface area contributed by atoms with E-state index in [1.165, 1.54) is 274 Å². The van der Waals surface area contributed by atoms with Crippen LogP contribution in [0, 0.1) is 6.92 Å². The first kappa shape index (κ1) is 84.3. The fourth-order valence-corrected chi connectivity index (χ4v) is 15.0. The molecule has 1 aliphatic rings. The van der Waals surface area contributed by atoms with E-state index in [9.17, 15) is 14.4 Å². The number of unbranched alkanes of at least 4 members (excludes halogenated alkanes) is 45. The Morgan fingerprint density at radius 1 is 0.426 bits per heavy atom. The molecule has 101 heavy (non-hydrogen) atoms. The average Bonchev–Trinajstić information content (AvgIpc) is 0.731. The van der Waals surface area contributed by atoms with Crippen LogP contribution in [0.15, 0.2) is 119 Å². The zero-order valence-electron chi connectivity index (χ0n) is 64.4. The van der Waals surface area contributed by atoms with E-state index < -0.39 is 35.1 Å². The van der Waals surface area contributed by atoms with Gasteiger partial charge in [0.15, 0.2) is 17.7 Å². The minimum atomic E-state index is -0.881. The van der Waals surface area contributed by atoms with Gasteiger partial charge in [-0.2, -0.15) is 0 Å². The van der Waals surface area contributed by atoms with Crippen LogP contribution in [0.4, 0.5) is 0 Å². The Bertz CT molecular complexity index is 2810. The summed E-state index contributed by atoms with van der Waals surface area (Å²) in [6.07, 6.45) is 62.3. The van der Waals surface area contributed by atoms with E-state index in [4.69, 9.17) is 23.7 Å². The maximum absolute atomic E-state index is 15.0. The van der Waals surface area contributed by atoms with Gasteiger partial charge in [-0.25, -0.2) is 9.59 Å². The number of benzene rings is 4. The van der Waals surface area contributed by atoms with Crippen LogP contribution < -0.4 is 25.5 Å². The molecule has 564 valence electrons. The lowest BCUT2D eigenvalue weighted by molar-refractivity contribution is -0.151. The molecule has 1 saturated heterocycles. The Morgan fingerprint density at radius 3 is 1.06 bits per heavy atom. The van der Waals surface area contributed by atoms with Gasteiger partial charge in [0.1, 0.15) is 12.7 Å². The van der Waals surface area contributed by atoms with Gasteiger partial charge in [-0.15, -0.1) is 0 Å². The van der Waals surface area contributed by atoms with E-state index in [0.717, 1.165) is 55.2 Å². The third-order valence-electron chi connectivity index (χ3n) is 21.1. The molecule has 0 unspecified atom stereocenters. The molecule has 1 aliphatic heterocycles. The van der Waals surface area contributed by atoms with Crippen molar-refractivity contribution in [2.24, 2.45) is 0 Å². The van der Waals surface area contributed by atoms with Gasteiger partial charge in [0.2, 0.25) is 5.75 Å². The van der Waals surface area contributed by atoms with Gasteiger partial charge in [0.25, 0.3) is 5.56 Å². The molecule has 5 aromatic rings. The van der Waals surface area contributed by atoms with E-state index in [0.29, 0.717) is 54.7 Å². The van der Waals surface area contributed by atoms with Crippen molar-refractivity contribution >= 4 is 5.97 Å². The molecule has 11 heteroatoms. The fraction of sp³-hybridized carbons (Fsp3) is 0.678. The van der Waals surface area contributed by atoms with Crippen molar-refractivity contribution in [1.29, 1.82) is 0 Å². The van der Waals surface area contributed by atoms with Crippen LogP contribution in [0.3, 0.4) is 0 Å². The molecule has 0 radical (unpaired) electrons. The average molecular weight is 1390 g/mol. The molecule has 2 heterocycles. The number of carbonyl (C=O) groups is 1. The molecule has 1 aromatic heterocycles. The summed E-state index contributed by atoms with van der Waals surface area (Å²) in [5.41, 5.74) is 1.85. The third kappa shape index (κ3) is 32.9. The van der Waals surface area contributed by atoms with Crippen LogP contribution in [-0.4, -0.2) is 66.0 Å². The molecule has 1 fully saturated rings. The van der Waals surface area contributed by atoms with Crippen LogP contribution in [0.25, 0.3) is 0 Å². The van der Waals surface area contributed by atoms with Crippen molar-refractivity contribution in [3.8, 4) is 17.2 Å². The zero-order valence-corrected chi connectivity index (χ0v) is 64.4. The van der Waals surface area contributed by atoms with Crippen LogP contribution in [0.5, 0.6) is 17.2 Å². The van der Waals surface area contributed by atoms with E-state index in [1.807, 2.05) is 18.2 Å². The second-order valence-corrected chi connectivity index (χ2v) is 29.8. The number of aromatic nitrogens is 2. The summed E-state index contributed by atoms with van der Waals surface area (Å²) in [6, 6.07) is 34.8. The Hall–Kier alpha value is -5.65. The lowest BCUT2D eigenvalue weighted by Gasteiger charge is -2.50. The van der Waals surface area contributed by atoms with Crippen molar-refractivity contribution < 1.29 is 28.5 Å². The highest BCUT2D eigenvalue weighted by molar-refractivity contribution is 5.91. The molecule has 0 amide bonds. The lowest BCUT2D eigenvalue weighted by atomic mass is 9.75. The first-order chi connectivity index (χ1) is 49.8. The van der Waals surface area contributed by atoms with Crippen LogP contribution in [0.2, 0.25) is 0 Å². The first-order valence-electron chi connectivity index (χ1n) is 41.9. The number of H-pyrrole nitrogens is 1. The Balaban J connectivity index is 1.16. The summed E-state index contributed by atoms with van der Waals surface area (Å²) in [7, 11) is 0. The van der Waals surface area contributed by atoms with Crippen LogP contribution in [0.1, 0.15) is 368 Å². The number of ether oxygens (including phenoxy) is 5. The highest BCUT2D eigenvalue weighted by Gasteiger charge is 2.47. The summed E-state index contributed by atoms with van der Waals surface area (Å²) in [6.45, 7) is 10.5. The zero-order chi connectivity index (χ0) is 71.3. The molecule has 2 atom stereocenters. The van der Waals surface area contributed by atoms with Gasteiger partial charge in [0.05, 0.1) is 30.9 Å². The van der Waals surface area contributed by atoms with E-state index in [-0.39, 0.29) is 13.2 Å². The van der Waals surface area contributed by atoms with Crippen LogP contribution >= 0.6 is 0 Å². The van der Waals surface area contributed by atoms with Crippen molar-refractivity contribution in [1.82, 2.24) is 14.5 Å². The van der Waals surface area contributed by atoms with E-state index >= 15 is 0 Å². The number of aryl methyl sites for hydroxylation is 1. The minimum absolute atomic E-state index is 0.125.